The highest BCUT2D eigenvalue weighted by Gasteiger charge is 2.18. The minimum atomic E-state index is 0.434. The van der Waals surface area contributed by atoms with Gasteiger partial charge in [-0.1, -0.05) is 46.8 Å². The third-order valence-corrected chi connectivity index (χ3v) is 3.55. The second-order valence-electron chi connectivity index (χ2n) is 5.06. The quantitative estimate of drug-likeness (QED) is 0.581. The van der Waals surface area contributed by atoms with Crippen LogP contribution in [0.2, 0.25) is 0 Å². The summed E-state index contributed by atoms with van der Waals surface area (Å²) in [5, 5.41) is 12.4. The molecule has 6 nitrogen and oxygen atoms in total. The molecule has 6 heteroatoms. The lowest BCUT2D eigenvalue weighted by Crippen LogP contribution is -1.98. The zero-order valence-corrected chi connectivity index (χ0v) is 12.4. The molecule has 0 fully saturated rings. The molecule has 0 atom stereocenters. The van der Waals surface area contributed by atoms with Gasteiger partial charge in [-0.25, -0.2) is 4.68 Å². The fourth-order valence-corrected chi connectivity index (χ4v) is 2.37. The first kappa shape index (κ1) is 13.4. The maximum atomic E-state index is 5.34. The molecule has 4 aromatic rings. The van der Waals surface area contributed by atoms with E-state index in [-0.39, 0.29) is 0 Å². The van der Waals surface area contributed by atoms with Crippen LogP contribution in [0.3, 0.4) is 0 Å². The van der Waals surface area contributed by atoms with Crippen LogP contribution in [0.25, 0.3) is 28.7 Å². The maximum absolute atomic E-state index is 5.34. The van der Waals surface area contributed by atoms with Crippen LogP contribution in [0.5, 0.6) is 0 Å². The van der Waals surface area contributed by atoms with Crippen molar-refractivity contribution in [2.75, 3.05) is 0 Å². The second-order valence-corrected chi connectivity index (χ2v) is 5.06. The standard InChI is InChI=1S/C17H13N5O/c1-12-15(19-21-22(12)14-10-6-3-7-11-14)16-18-17(23-20-16)13-8-4-2-5-9-13/h2-11H,1H3. The molecule has 2 heterocycles. The number of hydrogen-bond acceptors (Lipinski definition) is 5. The lowest BCUT2D eigenvalue weighted by Gasteiger charge is -2.01. The summed E-state index contributed by atoms with van der Waals surface area (Å²) in [4.78, 5) is 4.42. The van der Waals surface area contributed by atoms with E-state index in [4.69, 9.17) is 4.52 Å². The Bertz CT molecular complexity index is 928. The van der Waals surface area contributed by atoms with Crippen molar-refractivity contribution >= 4 is 0 Å². The molecule has 0 unspecified atom stereocenters. The summed E-state index contributed by atoms with van der Waals surface area (Å²) < 4.78 is 7.09. The topological polar surface area (TPSA) is 69.6 Å². The molecule has 0 bridgehead atoms. The number of nitrogens with zero attached hydrogens (tertiary/aromatic N) is 5. The molecule has 112 valence electrons. The molecule has 0 spiro atoms. The summed E-state index contributed by atoms with van der Waals surface area (Å²) in [5.41, 5.74) is 3.28. The van der Waals surface area contributed by atoms with E-state index >= 15 is 0 Å². The molecular weight excluding hydrogens is 290 g/mol. The fraction of sp³-hybridized carbons (Fsp3) is 0.0588. The van der Waals surface area contributed by atoms with Gasteiger partial charge in [0.25, 0.3) is 5.89 Å². The van der Waals surface area contributed by atoms with Crippen LogP contribution in [0.15, 0.2) is 65.2 Å². The Morgan fingerprint density at radius 2 is 1.61 bits per heavy atom. The van der Waals surface area contributed by atoms with Gasteiger partial charge in [-0.15, -0.1) is 5.10 Å². The maximum Gasteiger partial charge on any atom is 0.258 e. The van der Waals surface area contributed by atoms with E-state index < -0.39 is 0 Å². The Hall–Kier alpha value is -3.28. The molecule has 23 heavy (non-hydrogen) atoms. The van der Waals surface area contributed by atoms with E-state index in [1.54, 1.807) is 4.68 Å². The summed E-state index contributed by atoms with van der Waals surface area (Å²) in [5.74, 6) is 0.901. The smallest absolute Gasteiger partial charge is 0.258 e. The predicted octanol–water partition coefficient (Wildman–Crippen LogP) is 3.29. The average molecular weight is 303 g/mol. The van der Waals surface area contributed by atoms with Gasteiger partial charge in [-0.2, -0.15) is 4.98 Å². The zero-order chi connectivity index (χ0) is 15.6. The Labute approximate surface area is 132 Å². The van der Waals surface area contributed by atoms with Crippen LogP contribution < -0.4 is 0 Å². The number of hydrogen-bond donors (Lipinski definition) is 0. The highest BCUT2D eigenvalue weighted by molar-refractivity contribution is 5.58. The van der Waals surface area contributed by atoms with E-state index in [0.717, 1.165) is 16.9 Å². The molecule has 2 aromatic heterocycles. The van der Waals surface area contributed by atoms with E-state index in [1.807, 2.05) is 67.6 Å². The molecule has 0 N–H and O–H groups in total. The largest absolute Gasteiger partial charge is 0.334 e. The van der Waals surface area contributed by atoms with Crippen molar-refractivity contribution in [3.8, 4) is 28.7 Å². The predicted molar refractivity (Wildman–Crippen MR) is 84.8 cm³/mol. The molecule has 4 rings (SSSR count). The Morgan fingerprint density at radius 1 is 0.913 bits per heavy atom. The summed E-state index contributed by atoms with van der Waals surface area (Å²) >= 11 is 0. The van der Waals surface area contributed by atoms with Gasteiger partial charge in [0, 0.05) is 5.56 Å². The van der Waals surface area contributed by atoms with Crippen molar-refractivity contribution in [3.63, 3.8) is 0 Å². The normalized spacial score (nSPS) is 10.8. The molecule has 0 aliphatic rings. The van der Waals surface area contributed by atoms with Crippen LogP contribution in [0.1, 0.15) is 5.69 Å². The lowest BCUT2D eigenvalue weighted by atomic mass is 10.2. The van der Waals surface area contributed by atoms with Crippen molar-refractivity contribution in [2.45, 2.75) is 6.92 Å². The van der Waals surface area contributed by atoms with E-state index in [9.17, 15) is 0 Å². The first-order chi connectivity index (χ1) is 11.3. The number of rotatable bonds is 3. The van der Waals surface area contributed by atoms with Gasteiger partial charge < -0.3 is 4.52 Å². The third-order valence-electron chi connectivity index (χ3n) is 3.55. The Balaban J connectivity index is 1.73. The van der Waals surface area contributed by atoms with Crippen LogP contribution in [0.4, 0.5) is 0 Å². The van der Waals surface area contributed by atoms with Crippen molar-refractivity contribution in [1.29, 1.82) is 0 Å². The average Bonchev–Trinajstić information content (AvgIpc) is 3.23. The molecule has 0 radical (unpaired) electrons. The Morgan fingerprint density at radius 3 is 2.35 bits per heavy atom. The van der Waals surface area contributed by atoms with Crippen molar-refractivity contribution in [3.05, 3.63) is 66.4 Å². The van der Waals surface area contributed by atoms with Crippen LogP contribution >= 0.6 is 0 Å². The second kappa shape index (κ2) is 5.49. The lowest BCUT2D eigenvalue weighted by molar-refractivity contribution is 0.432. The molecule has 2 aromatic carbocycles. The van der Waals surface area contributed by atoms with Crippen LogP contribution in [0, 0.1) is 6.92 Å². The van der Waals surface area contributed by atoms with Gasteiger partial charge in [-0.3, -0.25) is 0 Å². The van der Waals surface area contributed by atoms with Crippen molar-refractivity contribution in [1.82, 2.24) is 25.1 Å². The number of aromatic nitrogens is 5. The molecule has 0 amide bonds. The molecule has 0 aliphatic carbocycles. The molecule has 0 saturated carbocycles. The first-order valence-electron chi connectivity index (χ1n) is 7.20. The molecule has 0 aliphatic heterocycles. The summed E-state index contributed by atoms with van der Waals surface area (Å²) in [6, 6.07) is 19.4. The van der Waals surface area contributed by atoms with Gasteiger partial charge in [-0.05, 0) is 31.2 Å². The van der Waals surface area contributed by atoms with Gasteiger partial charge in [0.2, 0.25) is 5.82 Å². The third kappa shape index (κ3) is 2.40. The zero-order valence-electron chi connectivity index (χ0n) is 12.4. The van der Waals surface area contributed by atoms with E-state index in [2.05, 4.69) is 20.5 Å². The monoisotopic (exact) mass is 303 g/mol. The van der Waals surface area contributed by atoms with Gasteiger partial charge in [0.15, 0.2) is 5.69 Å². The summed E-state index contributed by atoms with van der Waals surface area (Å²) in [6.07, 6.45) is 0. The summed E-state index contributed by atoms with van der Waals surface area (Å²) in [6.45, 7) is 1.93. The fourth-order valence-electron chi connectivity index (χ4n) is 2.37. The van der Waals surface area contributed by atoms with Gasteiger partial charge in [0.1, 0.15) is 0 Å². The molecular formula is C17H13N5O. The number of para-hydroxylation sites is 1. The molecule has 0 saturated heterocycles. The SMILES string of the molecule is Cc1c(-c2noc(-c3ccccc3)n2)nnn1-c1ccccc1. The van der Waals surface area contributed by atoms with Crippen molar-refractivity contribution in [2.24, 2.45) is 0 Å². The first-order valence-corrected chi connectivity index (χ1v) is 7.20. The Kier molecular flexibility index (Phi) is 3.20. The van der Waals surface area contributed by atoms with E-state index in [0.29, 0.717) is 17.4 Å². The number of benzene rings is 2. The van der Waals surface area contributed by atoms with E-state index in [1.165, 1.54) is 0 Å². The van der Waals surface area contributed by atoms with Crippen LogP contribution in [-0.4, -0.2) is 25.1 Å². The van der Waals surface area contributed by atoms with Crippen molar-refractivity contribution < 1.29 is 4.52 Å². The highest BCUT2D eigenvalue weighted by atomic mass is 16.5. The van der Waals surface area contributed by atoms with Crippen LogP contribution in [-0.2, 0) is 0 Å². The summed E-state index contributed by atoms with van der Waals surface area (Å²) in [7, 11) is 0. The minimum Gasteiger partial charge on any atom is -0.334 e. The highest BCUT2D eigenvalue weighted by Crippen LogP contribution is 2.23. The van der Waals surface area contributed by atoms with Gasteiger partial charge in [0.05, 0.1) is 11.4 Å². The van der Waals surface area contributed by atoms with Gasteiger partial charge >= 0.3 is 0 Å². The minimum absolute atomic E-state index is 0.434.